The monoisotopic (exact) mass is 782 g/mol. The standard InChI is InChI=1S/C56H54N4/c1-35(2)49-32-51(59(41-20-12-37(34-57)13-21-41)42-22-14-38(15-23-42)55(5,6)7)47-30-28-46-50(36(3)4)33-52(48-31-29-45(49)53(47)54(46)48)60(44-26-18-40(58-11)19-27-44)43-24-16-39(17-25-43)56(8,9)10/h12-33,35-36H,1-10H3. The zero-order valence-corrected chi connectivity index (χ0v) is 36.6. The fourth-order valence-electron chi connectivity index (χ4n) is 8.77. The summed E-state index contributed by atoms with van der Waals surface area (Å²) in [6.45, 7) is 30.4. The van der Waals surface area contributed by atoms with Crippen LogP contribution in [-0.4, -0.2) is 0 Å². The fourth-order valence-corrected chi connectivity index (χ4v) is 8.77. The highest BCUT2D eigenvalue weighted by Crippen LogP contribution is 2.51. The van der Waals surface area contributed by atoms with Gasteiger partial charge in [0.2, 0.25) is 0 Å². The van der Waals surface area contributed by atoms with Crippen LogP contribution in [0.1, 0.15) is 109 Å². The fraction of sp³-hybridized carbons (Fsp3) is 0.250. The Kier molecular flexibility index (Phi) is 10.2. The molecule has 0 radical (unpaired) electrons. The van der Waals surface area contributed by atoms with Crippen LogP contribution in [0.5, 0.6) is 0 Å². The molecule has 0 saturated heterocycles. The number of nitriles is 1. The van der Waals surface area contributed by atoms with Gasteiger partial charge in [0.1, 0.15) is 0 Å². The van der Waals surface area contributed by atoms with Crippen LogP contribution in [0.3, 0.4) is 0 Å². The van der Waals surface area contributed by atoms with E-state index >= 15 is 0 Å². The first-order chi connectivity index (χ1) is 28.6. The summed E-state index contributed by atoms with van der Waals surface area (Å²) in [6.07, 6.45) is 0. The summed E-state index contributed by atoms with van der Waals surface area (Å²) in [6, 6.07) is 50.4. The van der Waals surface area contributed by atoms with Gasteiger partial charge >= 0.3 is 0 Å². The van der Waals surface area contributed by atoms with E-state index in [1.54, 1.807) is 0 Å². The molecule has 0 saturated carbocycles. The lowest BCUT2D eigenvalue weighted by Gasteiger charge is -2.32. The Bertz CT molecular complexity index is 2720. The van der Waals surface area contributed by atoms with Gasteiger partial charge < -0.3 is 9.80 Å². The summed E-state index contributed by atoms with van der Waals surface area (Å²) < 4.78 is 0. The molecule has 0 aromatic heterocycles. The van der Waals surface area contributed by atoms with Crippen molar-refractivity contribution in [1.29, 1.82) is 5.26 Å². The minimum absolute atomic E-state index is 0.0168. The Hall–Kier alpha value is -6.62. The Morgan fingerprint density at radius 1 is 0.483 bits per heavy atom. The zero-order chi connectivity index (χ0) is 42.7. The van der Waals surface area contributed by atoms with E-state index in [0.29, 0.717) is 11.3 Å². The average molecular weight is 783 g/mol. The highest BCUT2D eigenvalue weighted by atomic mass is 15.1. The van der Waals surface area contributed by atoms with E-state index in [-0.39, 0.29) is 22.7 Å². The third-order valence-electron chi connectivity index (χ3n) is 12.1. The minimum Gasteiger partial charge on any atom is -0.310 e. The summed E-state index contributed by atoms with van der Waals surface area (Å²) in [7, 11) is 0. The summed E-state index contributed by atoms with van der Waals surface area (Å²) in [5, 5.41) is 17.1. The molecule has 0 aliphatic rings. The van der Waals surface area contributed by atoms with Gasteiger partial charge in [-0.2, -0.15) is 5.26 Å². The third kappa shape index (κ3) is 7.12. The van der Waals surface area contributed by atoms with Gasteiger partial charge in [0.05, 0.1) is 29.6 Å². The molecule has 0 aliphatic heterocycles. The van der Waals surface area contributed by atoms with E-state index in [2.05, 4.69) is 199 Å². The van der Waals surface area contributed by atoms with Gasteiger partial charge in [0, 0.05) is 33.5 Å². The van der Waals surface area contributed by atoms with Crippen molar-refractivity contribution >= 4 is 72.1 Å². The average Bonchev–Trinajstić information content (AvgIpc) is 3.23. The van der Waals surface area contributed by atoms with Crippen molar-refractivity contribution in [2.45, 2.75) is 91.9 Å². The van der Waals surface area contributed by atoms with Gasteiger partial charge in [-0.15, -0.1) is 0 Å². The summed E-state index contributed by atoms with van der Waals surface area (Å²) in [5.41, 5.74) is 12.8. The molecular weight excluding hydrogens is 729 g/mol. The Morgan fingerprint density at radius 3 is 1.13 bits per heavy atom. The van der Waals surface area contributed by atoms with E-state index in [0.717, 1.165) is 34.1 Å². The van der Waals surface area contributed by atoms with Crippen LogP contribution in [0.15, 0.2) is 133 Å². The topological polar surface area (TPSA) is 34.6 Å². The Morgan fingerprint density at radius 2 is 0.817 bits per heavy atom. The lowest BCUT2D eigenvalue weighted by atomic mass is 9.83. The van der Waals surface area contributed by atoms with Gasteiger partial charge in [-0.25, -0.2) is 4.85 Å². The van der Waals surface area contributed by atoms with E-state index in [9.17, 15) is 5.26 Å². The van der Waals surface area contributed by atoms with Gasteiger partial charge in [-0.3, -0.25) is 0 Å². The second kappa shape index (κ2) is 15.2. The predicted molar refractivity (Wildman–Crippen MR) is 256 cm³/mol. The summed E-state index contributed by atoms with van der Waals surface area (Å²) in [5.74, 6) is 0.505. The maximum atomic E-state index is 9.76. The highest BCUT2D eigenvalue weighted by Gasteiger charge is 2.27. The smallest absolute Gasteiger partial charge is 0.187 e. The van der Waals surface area contributed by atoms with Crippen molar-refractivity contribution in [2.24, 2.45) is 0 Å². The zero-order valence-electron chi connectivity index (χ0n) is 36.6. The van der Waals surface area contributed by atoms with Gasteiger partial charge in [-0.1, -0.05) is 130 Å². The quantitative estimate of drug-likeness (QED) is 0.114. The molecule has 0 N–H and O–H groups in total. The van der Waals surface area contributed by atoms with Crippen molar-refractivity contribution in [3.8, 4) is 6.07 Å². The molecule has 0 amide bonds. The van der Waals surface area contributed by atoms with Crippen LogP contribution >= 0.6 is 0 Å². The first-order valence-corrected chi connectivity index (χ1v) is 21.2. The first-order valence-electron chi connectivity index (χ1n) is 21.2. The molecule has 4 nitrogen and oxygen atoms in total. The van der Waals surface area contributed by atoms with E-state index in [1.807, 2.05) is 24.3 Å². The Balaban J connectivity index is 1.48. The lowest BCUT2D eigenvalue weighted by Crippen LogP contribution is -2.14. The van der Waals surface area contributed by atoms with Crippen molar-refractivity contribution in [3.63, 3.8) is 0 Å². The molecule has 0 spiro atoms. The largest absolute Gasteiger partial charge is 0.310 e. The maximum Gasteiger partial charge on any atom is 0.187 e. The van der Waals surface area contributed by atoms with Crippen molar-refractivity contribution in [1.82, 2.24) is 0 Å². The third-order valence-corrected chi connectivity index (χ3v) is 12.1. The molecule has 8 aromatic rings. The molecule has 0 bridgehead atoms. The molecule has 4 heteroatoms. The molecule has 0 aliphatic carbocycles. The van der Waals surface area contributed by atoms with Crippen LogP contribution in [0.25, 0.3) is 37.2 Å². The van der Waals surface area contributed by atoms with Crippen molar-refractivity contribution in [3.05, 3.63) is 173 Å². The van der Waals surface area contributed by atoms with Crippen LogP contribution in [0, 0.1) is 17.9 Å². The molecule has 298 valence electrons. The SMILES string of the molecule is [C-]#[N+]c1ccc(N(c2ccc(C(C)(C)C)cc2)c2cc(C(C)C)c3ccc4c(N(c5ccc(C#N)cc5)c5ccc(C(C)(C)C)cc5)cc(C(C)C)c5ccc2c3c54)cc1. The second-order valence-corrected chi connectivity index (χ2v) is 18.9. The number of benzene rings is 8. The predicted octanol–water partition coefficient (Wildman–Crippen LogP) is 16.8. The molecule has 0 atom stereocenters. The normalized spacial score (nSPS) is 12.1. The molecule has 0 unspecified atom stereocenters. The molecule has 0 fully saturated rings. The summed E-state index contributed by atoms with van der Waals surface area (Å²) in [4.78, 5) is 8.47. The molecule has 8 rings (SSSR count). The van der Waals surface area contributed by atoms with Gasteiger partial charge in [0.15, 0.2) is 5.69 Å². The highest BCUT2D eigenvalue weighted by molar-refractivity contribution is 6.29. The van der Waals surface area contributed by atoms with E-state index < -0.39 is 0 Å². The number of hydrogen-bond acceptors (Lipinski definition) is 3. The first kappa shape index (κ1) is 40.2. The van der Waals surface area contributed by atoms with E-state index in [4.69, 9.17) is 6.57 Å². The van der Waals surface area contributed by atoms with Crippen LogP contribution in [0.4, 0.5) is 39.8 Å². The molecule has 0 heterocycles. The number of nitrogens with zero attached hydrogens (tertiary/aromatic N) is 4. The molecule has 8 aromatic carbocycles. The second-order valence-electron chi connectivity index (χ2n) is 18.9. The molecule has 60 heavy (non-hydrogen) atoms. The van der Waals surface area contributed by atoms with Gasteiger partial charge in [0.25, 0.3) is 0 Å². The van der Waals surface area contributed by atoms with Gasteiger partial charge in [-0.05, 0) is 139 Å². The number of rotatable bonds is 8. The lowest BCUT2D eigenvalue weighted by molar-refractivity contribution is 0.590. The van der Waals surface area contributed by atoms with Crippen LogP contribution in [0.2, 0.25) is 0 Å². The van der Waals surface area contributed by atoms with Crippen molar-refractivity contribution in [2.75, 3.05) is 9.80 Å². The van der Waals surface area contributed by atoms with Crippen LogP contribution < -0.4 is 9.80 Å². The Labute approximate surface area is 356 Å². The number of anilines is 6. The minimum atomic E-state index is 0.0168. The van der Waals surface area contributed by atoms with E-state index in [1.165, 1.54) is 54.6 Å². The summed E-state index contributed by atoms with van der Waals surface area (Å²) >= 11 is 0. The van der Waals surface area contributed by atoms with Crippen molar-refractivity contribution < 1.29 is 0 Å². The number of hydrogen-bond donors (Lipinski definition) is 0. The van der Waals surface area contributed by atoms with Crippen LogP contribution in [-0.2, 0) is 10.8 Å². The maximum absolute atomic E-state index is 9.76. The molecular formula is C56H54N4.